The molecule has 0 fully saturated rings. The fraction of sp³-hybridized carbons (Fsp3) is 0.200. The van der Waals surface area contributed by atoms with Crippen LogP contribution in [-0.4, -0.2) is 33.5 Å². The van der Waals surface area contributed by atoms with E-state index in [-0.39, 0.29) is 4.90 Å². The van der Waals surface area contributed by atoms with Gasteiger partial charge in [0.15, 0.2) is 5.96 Å². The number of aromatic nitrogens is 1. The van der Waals surface area contributed by atoms with Crippen molar-refractivity contribution in [2.75, 3.05) is 14.1 Å². The molecule has 3 N–H and O–H groups in total. The van der Waals surface area contributed by atoms with Gasteiger partial charge in [0, 0.05) is 19.2 Å². The van der Waals surface area contributed by atoms with Gasteiger partial charge < -0.3 is 15.1 Å². The summed E-state index contributed by atoms with van der Waals surface area (Å²) >= 11 is 0. The molecule has 1 aromatic heterocycles. The lowest BCUT2D eigenvalue weighted by molar-refractivity contribution is 0.572. The molecule has 29 heavy (non-hydrogen) atoms. The van der Waals surface area contributed by atoms with Crippen molar-refractivity contribution in [2.45, 2.75) is 18.0 Å². The summed E-state index contributed by atoms with van der Waals surface area (Å²) in [5.74, 6) is 1.17. The minimum Gasteiger partial charge on any atom is -0.444 e. The molecule has 0 saturated heterocycles. The Morgan fingerprint density at radius 1 is 1.03 bits per heavy atom. The summed E-state index contributed by atoms with van der Waals surface area (Å²) in [4.78, 5) is 8.88. The lowest BCUT2D eigenvalue weighted by Gasteiger charge is -2.11. The summed E-state index contributed by atoms with van der Waals surface area (Å²) in [5, 5.41) is 6.36. The van der Waals surface area contributed by atoms with Crippen LogP contribution in [0.3, 0.4) is 0 Å². The van der Waals surface area contributed by atoms with Crippen molar-refractivity contribution in [3.63, 3.8) is 0 Å². The van der Waals surface area contributed by atoms with Crippen LogP contribution in [0, 0.1) is 0 Å². The van der Waals surface area contributed by atoms with Gasteiger partial charge >= 0.3 is 0 Å². The Bertz CT molecular complexity index is 1060. The summed E-state index contributed by atoms with van der Waals surface area (Å²) in [5.41, 5.74) is 2.61. The number of benzene rings is 2. The topological polar surface area (TPSA) is 109 Å². The first-order valence-corrected chi connectivity index (χ1v) is 10.5. The number of aliphatic imine (C=N–C) groups is 1. The summed E-state index contributed by atoms with van der Waals surface area (Å²) < 4.78 is 31.4. The first-order valence-electron chi connectivity index (χ1n) is 8.98. The molecule has 152 valence electrons. The normalized spacial score (nSPS) is 12.0. The van der Waals surface area contributed by atoms with Gasteiger partial charge in [0.05, 0.1) is 17.1 Å². The second kappa shape index (κ2) is 9.35. The second-order valence-corrected chi connectivity index (χ2v) is 8.03. The second-order valence-electron chi connectivity index (χ2n) is 6.14. The van der Waals surface area contributed by atoms with E-state index in [1.807, 2.05) is 30.3 Å². The zero-order chi connectivity index (χ0) is 20.7. The third-order valence-corrected chi connectivity index (χ3v) is 5.63. The van der Waals surface area contributed by atoms with Gasteiger partial charge in [0.2, 0.25) is 15.9 Å². The smallest absolute Gasteiger partial charge is 0.240 e. The standard InChI is InChI=1S/C20H23N5O3S/c1-21-20(23-12-15-8-10-18(11-9-15)29(26,27)22-2)24-13-17-14-28-19(25-17)16-6-4-3-5-7-16/h3-11,14,22H,12-13H2,1-2H3,(H2,21,23,24). The van der Waals surface area contributed by atoms with Crippen molar-refractivity contribution in [1.82, 2.24) is 20.3 Å². The van der Waals surface area contributed by atoms with Crippen molar-refractivity contribution in [3.05, 3.63) is 72.1 Å². The predicted molar refractivity (Wildman–Crippen MR) is 112 cm³/mol. The first kappa shape index (κ1) is 20.6. The van der Waals surface area contributed by atoms with Crippen LogP contribution in [0.1, 0.15) is 11.3 Å². The number of oxazole rings is 1. The number of rotatable bonds is 7. The van der Waals surface area contributed by atoms with E-state index < -0.39 is 10.0 Å². The third-order valence-electron chi connectivity index (χ3n) is 4.20. The lowest BCUT2D eigenvalue weighted by atomic mass is 10.2. The number of hydrogen-bond acceptors (Lipinski definition) is 5. The number of guanidine groups is 1. The number of nitrogens with zero attached hydrogens (tertiary/aromatic N) is 2. The fourth-order valence-electron chi connectivity index (χ4n) is 2.59. The zero-order valence-corrected chi connectivity index (χ0v) is 17.0. The Labute approximate surface area is 170 Å². The van der Waals surface area contributed by atoms with E-state index >= 15 is 0 Å². The Balaban J connectivity index is 1.53. The molecule has 0 radical (unpaired) electrons. The van der Waals surface area contributed by atoms with E-state index in [1.165, 1.54) is 7.05 Å². The first-order chi connectivity index (χ1) is 14.0. The third kappa shape index (κ3) is 5.43. The molecule has 0 spiro atoms. The maximum atomic E-state index is 11.8. The van der Waals surface area contributed by atoms with Crippen molar-refractivity contribution in [2.24, 2.45) is 4.99 Å². The zero-order valence-electron chi connectivity index (χ0n) is 16.2. The molecule has 0 bridgehead atoms. The van der Waals surface area contributed by atoms with Crippen LogP contribution in [0.25, 0.3) is 11.5 Å². The number of sulfonamides is 1. The van der Waals surface area contributed by atoms with Crippen LogP contribution in [0.4, 0.5) is 0 Å². The highest BCUT2D eigenvalue weighted by atomic mass is 32.2. The Morgan fingerprint density at radius 2 is 1.72 bits per heavy atom. The van der Waals surface area contributed by atoms with Crippen LogP contribution in [0.2, 0.25) is 0 Å². The maximum Gasteiger partial charge on any atom is 0.240 e. The van der Waals surface area contributed by atoms with Gasteiger partial charge in [-0.05, 0) is 36.9 Å². The summed E-state index contributed by atoms with van der Waals surface area (Å²) in [6, 6.07) is 16.3. The average molecular weight is 414 g/mol. The minimum absolute atomic E-state index is 0.228. The van der Waals surface area contributed by atoms with Crippen LogP contribution >= 0.6 is 0 Å². The molecule has 0 aliphatic rings. The molecule has 0 aliphatic carbocycles. The van der Waals surface area contributed by atoms with Crippen molar-refractivity contribution >= 4 is 16.0 Å². The quantitative estimate of drug-likeness (QED) is 0.404. The summed E-state index contributed by atoms with van der Waals surface area (Å²) in [6.45, 7) is 0.947. The molecule has 0 unspecified atom stereocenters. The highest BCUT2D eigenvalue weighted by Crippen LogP contribution is 2.17. The van der Waals surface area contributed by atoms with E-state index in [2.05, 4.69) is 25.3 Å². The lowest BCUT2D eigenvalue weighted by Crippen LogP contribution is -2.36. The van der Waals surface area contributed by atoms with Crippen LogP contribution in [-0.2, 0) is 23.1 Å². The van der Waals surface area contributed by atoms with Gasteiger partial charge in [-0.2, -0.15) is 0 Å². The highest BCUT2D eigenvalue weighted by Gasteiger charge is 2.11. The largest absolute Gasteiger partial charge is 0.444 e. The van der Waals surface area contributed by atoms with E-state index in [0.717, 1.165) is 16.8 Å². The molecule has 0 amide bonds. The molecule has 2 aromatic carbocycles. The van der Waals surface area contributed by atoms with Crippen molar-refractivity contribution < 1.29 is 12.8 Å². The molecule has 9 heteroatoms. The fourth-order valence-corrected chi connectivity index (χ4v) is 3.32. The predicted octanol–water partition coefficient (Wildman–Crippen LogP) is 2.11. The van der Waals surface area contributed by atoms with E-state index in [4.69, 9.17) is 4.42 Å². The van der Waals surface area contributed by atoms with E-state index in [9.17, 15) is 8.42 Å². The average Bonchev–Trinajstić information content (AvgIpc) is 3.24. The minimum atomic E-state index is -3.43. The molecule has 3 aromatic rings. The van der Waals surface area contributed by atoms with Crippen LogP contribution < -0.4 is 15.4 Å². The van der Waals surface area contributed by atoms with E-state index in [0.29, 0.717) is 24.9 Å². The van der Waals surface area contributed by atoms with Gasteiger partial charge in [0.25, 0.3) is 0 Å². The van der Waals surface area contributed by atoms with E-state index in [1.54, 1.807) is 37.6 Å². The van der Waals surface area contributed by atoms with Gasteiger partial charge in [-0.15, -0.1) is 0 Å². The molecule has 0 saturated carbocycles. The van der Waals surface area contributed by atoms with Crippen LogP contribution in [0.5, 0.6) is 0 Å². The number of hydrogen-bond donors (Lipinski definition) is 3. The maximum absolute atomic E-state index is 11.8. The van der Waals surface area contributed by atoms with Crippen LogP contribution in [0.15, 0.2) is 75.2 Å². The van der Waals surface area contributed by atoms with Gasteiger partial charge in [-0.3, -0.25) is 4.99 Å². The Hall–Kier alpha value is -3.17. The SMILES string of the molecule is CN=C(NCc1ccc(S(=O)(=O)NC)cc1)NCc1coc(-c2ccccc2)n1. The van der Waals surface area contributed by atoms with Gasteiger partial charge in [-0.25, -0.2) is 18.1 Å². The Kier molecular flexibility index (Phi) is 6.63. The molecule has 1 heterocycles. The summed E-state index contributed by atoms with van der Waals surface area (Å²) in [6.07, 6.45) is 1.61. The molecule has 0 atom stereocenters. The van der Waals surface area contributed by atoms with Gasteiger partial charge in [-0.1, -0.05) is 30.3 Å². The molecule has 3 rings (SSSR count). The molecule has 8 nitrogen and oxygen atoms in total. The monoisotopic (exact) mass is 413 g/mol. The summed E-state index contributed by atoms with van der Waals surface area (Å²) in [7, 11) is -0.367. The number of nitrogens with one attached hydrogen (secondary N) is 3. The van der Waals surface area contributed by atoms with Crippen molar-refractivity contribution in [3.8, 4) is 11.5 Å². The van der Waals surface area contributed by atoms with Gasteiger partial charge in [0.1, 0.15) is 6.26 Å². The Morgan fingerprint density at radius 3 is 2.38 bits per heavy atom. The highest BCUT2D eigenvalue weighted by molar-refractivity contribution is 7.89. The van der Waals surface area contributed by atoms with Crippen molar-refractivity contribution in [1.29, 1.82) is 0 Å². The molecule has 0 aliphatic heterocycles. The molecular formula is C20H23N5O3S. The molecular weight excluding hydrogens is 390 g/mol.